The molecule has 21 heavy (non-hydrogen) atoms. The molecule has 1 fully saturated rings. The second-order valence-corrected chi connectivity index (χ2v) is 5.94. The van der Waals surface area contributed by atoms with Crippen LogP contribution in [0.3, 0.4) is 0 Å². The van der Waals surface area contributed by atoms with Gasteiger partial charge in [0.2, 0.25) is 0 Å². The van der Waals surface area contributed by atoms with Gasteiger partial charge in [-0.3, -0.25) is 15.0 Å². The van der Waals surface area contributed by atoms with E-state index in [1.54, 1.807) is 12.1 Å². The van der Waals surface area contributed by atoms with E-state index >= 15 is 0 Å². The number of likely N-dealkylation sites (tertiary alicyclic amines) is 1. The number of nitro benzene ring substituents is 1. The Morgan fingerprint density at radius 2 is 2.10 bits per heavy atom. The Balaban J connectivity index is 0.00000220. The van der Waals surface area contributed by atoms with Crippen molar-refractivity contribution in [1.82, 2.24) is 4.90 Å². The van der Waals surface area contributed by atoms with Crippen molar-refractivity contribution in [3.63, 3.8) is 0 Å². The Morgan fingerprint density at radius 3 is 2.62 bits per heavy atom. The fourth-order valence-corrected chi connectivity index (χ4v) is 2.88. The predicted octanol–water partition coefficient (Wildman–Crippen LogP) is 3.23. The Morgan fingerprint density at radius 1 is 1.48 bits per heavy atom. The average molecular weight is 334 g/mol. The lowest BCUT2D eigenvalue weighted by Crippen LogP contribution is -2.39. The summed E-state index contributed by atoms with van der Waals surface area (Å²) >= 11 is 5.83. The van der Waals surface area contributed by atoms with Crippen LogP contribution in [0.5, 0.6) is 0 Å². The summed E-state index contributed by atoms with van der Waals surface area (Å²) in [7, 11) is 0. The molecule has 1 heterocycles. The van der Waals surface area contributed by atoms with Gasteiger partial charge in [-0.15, -0.1) is 12.4 Å². The molecule has 7 heteroatoms. The van der Waals surface area contributed by atoms with Gasteiger partial charge >= 0.3 is 0 Å². The molecule has 0 saturated carbocycles. The highest BCUT2D eigenvalue weighted by molar-refractivity contribution is 6.30. The van der Waals surface area contributed by atoms with E-state index in [0.717, 1.165) is 31.5 Å². The number of benzene rings is 1. The number of nitrogens with two attached hydrogens (primary N) is 1. The van der Waals surface area contributed by atoms with Gasteiger partial charge in [0.15, 0.2) is 0 Å². The van der Waals surface area contributed by atoms with Crippen molar-refractivity contribution in [2.45, 2.75) is 32.4 Å². The zero-order chi connectivity index (χ0) is 14.7. The minimum atomic E-state index is -0.365. The quantitative estimate of drug-likeness (QED) is 0.678. The van der Waals surface area contributed by atoms with E-state index in [9.17, 15) is 10.1 Å². The largest absolute Gasteiger partial charge is 0.328 e. The van der Waals surface area contributed by atoms with E-state index in [-0.39, 0.29) is 29.1 Å². The molecule has 1 atom stereocenters. The summed E-state index contributed by atoms with van der Waals surface area (Å²) in [5, 5.41) is 11.5. The van der Waals surface area contributed by atoms with Gasteiger partial charge in [-0.25, -0.2) is 0 Å². The third-order valence-corrected chi connectivity index (χ3v) is 4.25. The van der Waals surface area contributed by atoms with Crippen LogP contribution in [0.15, 0.2) is 18.2 Å². The zero-order valence-corrected chi connectivity index (χ0v) is 13.6. The van der Waals surface area contributed by atoms with Crippen molar-refractivity contribution in [1.29, 1.82) is 0 Å². The monoisotopic (exact) mass is 333 g/mol. The molecule has 1 aliphatic rings. The van der Waals surface area contributed by atoms with Gasteiger partial charge in [-0.05, 0) is 50.9 Å². The predicted molar refractivity (Wildman–Crippen MR) is 87.0 cm³/mol. The van der Waals surface area contributed by atoms with Gasteiger partial charge < -0.3 is 5.73 Å². The Labute approximate surface area is 136 Å². The smallest absolute Gasteiger partial charge is 0.275 e. The first kappa shape index (κ1) is 18.2. The SMILES string of the molecule is CC(N)C1CCN(Cc2ccc(Cl)cc2[N+](=O)[O-])CC1.Cl. The van der Waals surface area contributed by atoms with E-state index in [4.69, 9.17) is 17.3 Å². The van der Waals surface area contributed by atoms with E-state index in [0.29, 0.717) is 17.5 Å². The van der Waals surface area contributed by atoms with Gasteiger partial charge in [0.05, 0.1) is 4.92 Å². The number of piperidine rings is 1. The lowest BCUT2D eigenvalue weighted by molar-refractivity contribution is -0.385. The molecule has 1 aromatic carbocycles. The molecule has 2 N–H and O–H groups in total. The molecular weight excluding hydrogens is 313 g/mol. The molecule has 118 valence electrons. The third kappa shape index (κ3) is 4.81. The summed E-state index contributed by atoms with van der Waals surface area (Å²) < 4.78 is 0. The molecule has 1 saturated heterocycles. The van der Waals surface area contributed by atoms with Crippen LogP contribution < -0.4 is 5.73 Å². The normalized spacial score (nSPS) is 18.0. The van der Waals surface area contributed by atoms with Crippen molar-refractivity contribution >= 4 is 29.7 Å². The number of hydrogen-bond acceptors (Lipinski definition) is 4. The third-order valence-electron chi connectivity index (χ3n) is 4.01. The summed E-state index contributed by atoms with van der Waals surface area (Å²) in [6, 6.07) is 5.10. The van der Waals surface area contributed by atoms with Crippen LogP contribution >= 0.6 is 24.0 Å². The first-order chi connectivity index (χ1) is 9.47. The number of rotatable bonds is 4. The van der Waals surface area contributed by atoms with Crippen LogP contribution in [0.2, 0.25) is 5.02 Å². The van der Waals surface area contributed by atoms with Crippen LogP contribution in [-0.2, 0) is 6.54 Å². The highest BCUT2D eigenvalue weighted by Crippen LogP contribution is 2.27. The molecule has 0 radical (unpaired) electrons. The first-order valence-corrected chi connectivity index (χ1v) is 7.26. The van der Waals surface area contributed by atoms with E-state index in [2.05, 4.69) is 4.90 Å². The first-order valence-electron chi connectivity index (χ1n) is 6.88. The maximum Gasteiger partial charge on any atom is 0.275 e. The molecule has 0 spiro atoms. The maximum atomic E-state index is 11.1. The number of halogens is 2. The lowest BCUT2D eigenvalue weighted by Gasteiger charge is -2.33. The molecule has 2 rings (SSSR count). The molecule has 0 bridgehead atoms. The van der Waals surface area contributed by atoms with Crippen LogP contribution in [0, 0.1) is 16.0 Å². The number of hydrogen-bond donors (Lipinski definition) is 1. The summed E-state index contributed by atoms with van der Waals surface area (Å²) in [4.78, 5) is 12.9. The lowest BCUT2D eigenvalue weighted by atomic mass is 9.91. The molecule has 1 unspecified atom stereocenters. The summed E-state index contributed by atoms with van der Waals surface area (Å²) in [5.74, 6) is 0.562. The van der Waals surface area contributed by atoms with Crippen molar-refractivity contribution in [2.24, 2.45) is 11.7 Å². The van der Waals surface area contributed by atoms with Crippen molar-refractivity contribution < 1.29 is 4.92 Å². The molecule has 0 amide bonds. The maximum absolute atomic E-state index is 11.1. The standard InChI is InChI=1S/C14H20ClN3O2.ClH/c1-10(16)11-4-6-17(7-5-11)9-12-2-3-13(15)8-14(12)18(19)20;/h2-3,8,10-11H,4-7,9,16H2,1H3;1H. The van der Waals surface area contributed by atoms with Crippen LogP contribution in [-0.4, -0.2) is 29.0 Å². The minimum absolute atomic E-state index is 0. The van der Waals surface area contributed by atoms with E-state index in [1.807, 2.05) is 6.92 Å². The molecule has 0 aromatic heterocycles. The van der Waals surface area contributed by atoms with Gasteiger partial charge in [0.25, 0.3) is 5.69 Å². The molecular formula is C14H21Cl2N3O2. The van der Waals surface area contributed by atoms with Gasteiger partial charge in [0, 0.05) is 29.2 Å². The molecule has 5 nitrogen and oxygen atoms in total. The average Bonchev–Trinajstić information content (AvgIpc) is 2.41. The van der Waals surface area contributed by atoms with Crippen molar-refractivity contribution in [3.8, 4) is 0 Å². The second kappa shape index (κ2) is 7.94. The van der Waals surface area contributed by atoms with Crippen LogP contribution in [0.1, 0.15) is 25.3 Å². The Bertz CT molecular complexity index is 489. The molecule has 1 aliphatic heterocycles. The number of nitro groups is 1. The number of nitrogens with zero attached hydrogens (tertiary/aromatic N) is 2. The summed E-state index contributed by atoms with van der Waals surface area (Å²) in [6.07, 6.45) is 2.11. The fourth-order valence-electron chi connectivity index (χ4n) is 2.72. The van der Waals surface area contributed by atoms with E-state index in [1.165, 1.54) is 6.07 Å². The summed E-state index contributed by atoms with van der Waals surface area (Å²) in [5.41, 5.74) is 6.75. The van der Waals surface area contributed by atoms with Gasteiger partial charge in [-0.2, -0.15) is 0 Å². The molecule has 0 aliphatic carbocycles. The van der Waals surface area contributed by atoms with Crippen molar-refractivity contribution in [3.05, 3.63) is 38.9 Å². The highest BCUT2D eigenvalue weighted by atomic mass is 35.5. The van der Waals surface area contributed by atoms with Gasteiger partial charge in [-0.1, -0.05) is 11.6 Å². The van der Waals surface area contributed by atoms with Crippen LogP contribution in [0.25, 0.3) is 0 Å². The summed E-state index contributed by atoms with van der Waals surface area (Å²) in [6.45, 7) is 4.52. The van der Waals surface area contributed by atoms with E-state index < -0.39 is 0 Å². The zero-order valence-electron chi connectivity index (χ0n) is 12.0. The topological polar surface area (TPSA) is 72.4 Å². The van der Waals surface area contributed by atoms with Crippen molar-refractivity contribution in [2.75, 3.05) is 13.1 Å². The second-order valence-electron chi connectivity index (χ2n) is 5.50. The molecule has 1 aromatic rings. The van der Waals surface area contributed by atoms with Gasteiger partial charge in [0.1, 0.15) is 0 Å². The highest BCUT2D eigenvalue weighted by Gasteiger charge is 2.24. The Hall–Kier alpha value is -0.880. The fraction of sp³-hybridized carbons (Fsp3) is 0.571. The van der Waals surface area contributed by atoms with Crippen LogP contribution in [0.4, 0.5) is 5.69 Å². The Kier molecular flexibility index (Phi) is 6.87. The minimum Gasteiger partial charge on any atom is -0.328 e.